The molecule has 0 unspecified atom stereocenters. The molecule has 2 aliphatic rings. The Morgan fingerprint density at radius 3 is 2.31 bits per heavy atom. The largest absolute Gasteiger partial charge is 0.496 e. The molecule has 3 heterocycles. The average Bonchev–Trinajstić information content (AvgIpc) is 2.96. The number of rotatable bonds is 8. The summed E-state index contributed by atoms with van der Waals surface area (Å²) in [7, 11) is 1.49. The minimum atomic E-state index is -1.09. The average molecular weight is 503 g/mol. The normalized spacial score (nSPS) is 31.9. The van der Waals surface area contributed by atoms with Crippen LogP contribution < -0.4 is 10.4 Å². The molecule has 2 saturated heterocycles. The van der Waals surface area contributed by atoms with Crippen molar-refractivity contribution in [1.29, 1.82) is 0 Å². The Kier molecular flexibility index (Phi) is 8.26. The van der Waals surface area contributed by atoms with E-state index in [1.54, 1.807) is 50.3 Å². The van der Waals surface area contributed by atoms with Gasteiger partial charge in [0.25, 0.3) is 0 Å². The summed E-state index contributed by atoms with van der Waals surface area (Å²) in [4.78, 5) is 35.5. The SMILES string of the molecule is CC[C@H]1O[C@]2(C)[C@H](OC(C)=O)[C@]1(C)O[C@@H](C=CC=CC=Cc1oc(=O)cc(OC)c1C)[C@@H]2OC(C)=O. The molecular formula is C27H34O9. The number of esters is 2. The number of hydrogen-bond acceptors (Lipinski definition) is 9. The first-order valence-electron chi connectivity index (χ1n) is 11.9. The first kappa shape index (κ1) is 27.4. The van der Waals surface area contributed by atoms with Crippen molar-refractivity contribution in [1.82, 2.24) is 0 Å². The molecule has 0 aromatic carbocycles. The molecule has 2 fully saturated rings. The molecule has 196 valence electrons. The van der Waals surface area contributed by atoms with Gasteiger partial charge in [-0.1, -0.05) is 37.3 Å². The van der Waals surface area contributed by atoms with E-state index >= 15 is 0 Å². The standard InChI is InChI=1S/C27H34O9/c1-8-22-26(5)25(33-18(4)29)27(6,36-22)24(32-17(3)28)20(35-26)14-12-10-9-11-13-19-16(2)21(31-7)15-23(30)34-19/h9-15,20,22,24-25H,8H2,1-7H3/t20-,22+,24-,25+,26+,27-/m0/s1. The van der Waals surface area contributed by atoms with Crippen LogP contribution >= 0.6 is 0 Å². The minimum absolute atomic E-state index is 0.359. The maximum Gasteiger partial charge on any atom is 0.339 e. The van der Waals surface area contributed by atoms with E-state index in [4.69, 9.17) is 28.1 Å². The molecule has 0 saturated carbocycles. The van der Waals surface area contributed by atoms with Crippen LogP contribution in [0, 0.1) is 6.92 Å². The van der Waals surface area contributed by atoms with Gasteiger partial charge in [0.15, 0.2) is 12.2 Å². The molecule has 1 aromatic heterocycles. The number of fused-ring (bicyclic) bond motifs is 2. The Balaban J connectivity index is 1.83. The predicted molar refractivity (Wildman–Crippen MR) is 132 cm³/mol. The second kappa shape index (κ2) is 10.8. The molecule has 0 aliphatic carbocycles. The summed E-state index contributed by atoms with van der Waals surface area (Å²) >= 11 is 0. The van der Waals surface area contributed by atoms with Crippen LogP contribution in [0.5, 0.6) is 5.75 Å². The molecule has 9 heteroatoms. The number of ether oxygens (including phenoxy) is 5. The zero-order chi connectivity index (χ0) is 26.7. The Morgan fingerprint density at radius 1 is 1.03 bits per heavy atom. The van der Waals surface area contributed by atoms with Gasteiger partial charge in [-0.3, -0.25) is 9.59 Å². The third-order valence-corrected chi connectivity index (χ3v) is 6.58. The highest BCUT2D eigenvalue weighted by atomic mass is 16.7. The molecule has 0 amide bonds. The van der Waals surface area contributed by atoms with Gasteiger partial charge in [-0.05, 0) is 33.3 Å². The van der Waals surface area contributed by atoms with Crippen LogP contribution in [0.1, 0.15) is 52.4 Å². The van der Waals surface area contributed by atoms with Crippen LogP contribution in [0.4, 0.5) is 0 Å². The van der Waals surface area contributed by atoms with E-state index in [0.717, 1.165) is 0 Å². The quantitative estimate of drug-likeness (QED) is 0.388. The number of carbonyl (C=O) groups excluding carboxylic acids is 2. The molecule has 6 atom stereocenters. The van der Waals surface area contributed by atoms with E-state index in [1.165, 1.54) is 27.0 Å². The summed E-state index contributed by atoms with van der Waals surface area (Å²) in [6.45, 7) is 10.0. The third kappa shape index (κ3) is 5.32. The molecule has 36 heavy (non-hydrogen) atoms. The minimum Gasteiger partial charge on any atom is -0.496 e. The van der Waals surface area contributed by atoms with Crippen LogP contribution in [0.3, 0.4) is 0 Å². The van der Waals surface area contributed by atoms with Crippen molar-refractivity contribution < 1.29 is 37.7 Å². The number of carbonyl (C=O) groups is 2. The molecule has 1 aromatic rings. The van der Waals surface area contributed by atoms with Crippen LogP contribution in [0.2, 0.25) is 0 Å². The van der Waals surface area contributed by atoms with Gasteiger partial charge in [0.05, 0.1) is 19.3 Å². The van der Waals surface area contributed by atoms with Crippen LogP contribution in [0.25, 0.3) is 6.08 Å². The molecule has 0 N–H and O–H groups in total. The van der Waals surface area contributed by atoms with Crippen molar-refractivity contribution in [3.63, 3.8) is 0 Å². The number of allylic oxidation sites excluding steroid dienone is 4. The van der Waals surface area contributed by atoms with Crippen molar-refractivity contribution in [2.45, 2.75) is 83.6 Å². The highest BCUT2D eigenvalue weighted by Gasteiger charge is 2.71. The van der Waals surface area contributed by atoms with Crippen molar-refractivity contribution in [3.05, 3.63) is 58.2 Å². The second-order valence-corrected chi connectivity index (χ2v) is 9.24. The Labute approximate surface area is 210 Å². The lowest BCUT2D eigenvalue weighted by Crippen LogP contribution is -2.66. The molecule has 0 radical (unpaired) electrons. The summed E-state index contributed by atoms with van der Waals surface area (Å²) in [5.74, 6) is -0.105. The lowest BCUT2D eigenvalue weighted by Gasteiger charge is -2.48. The number of methoxy groups -OCH3 is 1. The van der Waals surface area contributed by atoms with E-state index in [-0.39, 0.29) is 6.10 Å². The van der Waals surface area contributed by atoms with Gasteiger partial charge in [0, 0.05) is 19.4 Å². The van der Waals surface area contributed by atoms with Gasteiger partial charge in [-0.25, -0.2) is 4.79 Å². The van der Waals surface area contributed by atoms with Gasteiger partial charge in [0.2, 0.25) is 0 Å². The Bertz CT molecular complexity index is 1130. The fraction of sp³-hybridized carbons (Fsp3) is 0.519. The second-order valence-electron chi connectivity index (χ2n) is 9.24. The zero-order valence-corrected chi connectivity index (χ0v) is 21.7. The topological polar surface area (TPSA) is 110 Å². The van der Waals surface area contributed by atoms with E-state index < -0.39 is 47.1 Å². The van der Waals surface area contributed by atoms with Gasteiger partial charge in [-0.15, -0.1) is 0 Å². The van der Waals surface area contributed by atoms with Crippen LogP contribution in [0.15, 0.2) is 45.7 Å². The van der Waals surface area contributed by atoms with E-state index in [0.29, 0.717) is 23.5 Å². The van der Waals surface area contributed by atoms with Gasteiger partial charge in [-0.2, -0.15) is 0 Å². The molecule has 9 nitrogen and oxygen atoms in total. The first-order valence-corrected chi connectivity index (χ1v) is 11.9. The van der Waals surface area contributed by atoms with Crippen LogP contribution in [-0.2, 0) is 28.5 Å². The molecule has 2 bridgehead atoms. The van der Waals surface area contributed by atoms with E-state index in [1.807, 2.05) is 13.8 Å². The van der Waals surface area contributed by atoms with Gasteiger partial charge in [0.1, 0.15) is 28.8 Å². The van der Waals surface area contributed by atoms with Gasteiger partial charge >= 0.3 is 17.6 Å². The van der Waals surface area contributed by atoms with Crippen molar-refractivity contribution >= 4 is 18.0 Å². The Morgan fingerprint density at radius 2 is 1.69 bits per heavy atom. The maximum atomic E-state index is 12.0. The maximum absolute atomic E-state index is 12.0. The highest BCUT2D eigenvalue weighted by molar-refractivity contribution is 5.67. The summed E-state index contributed by atoms with van der Waals surface area (Å²) in [6.07, 6.45) is 8.48. The van der Waals surface area contributed by atoms with Gasteiger partial charge < -0.3 is 28.1 Å². The van der Waals surface area contributed by atoms with Crippen molar-refractivity contribution in [2.24, 2.45) is 0 Å². The number of hydrogen-bond donors (Lipinski definition) is 0. The lowest BCUT2D eigenvalue weighted by molar-refractivity contribution is -0.243. The van der Waals surface area contributed by atoms with Crippen molar-refractivity contribution in [3.8, 4) is 5.75 Å². The summed E-state index contributed by atoms with van der Waals surface area (Å²) in [5.41, 5.74) is -1.80. The summed E-state index contributed by atoms with van der Waals surface area (Å²) in [6, 6.07) is 1.29. The molecular weight excluding hydrogens is 468 g/mol. The van der Waals surface area contributed by atoms with Crippen LogP contribution in [-0.4, -0.2) is 54.7 Å². The summed E-state index contributed by atoms with van der Waals surface area (Å²) in [5, 5.41) is 0. The molecule has 0 spiro atoms. The fourth-order valence-corrected chi connectivity index (χ4v) is 5.02. The lowest BCUT2D eigenvalue weighted by atomic mass is 9.77. The highest BCUT2D eigenvalue weighted by Crippen LogP contribution is 2.52. The smallest absolute Gasteiger partial charge is 0.339 e. The van der Waals surface area contributed by atoms with E-state index in [2.05, 4.69) is 0 Å². The first-order chi connectivity index (χ1) is 17.0. The predicted octanol–water partition coefficient (Wildman–Crippen LogP) is 3.67. The summed E-state index contributed by atoms with van der Waals surface area (Å²) < 4.78 is 34.4. The molecule has 2 aliphatic heterocycles. The van der Waals surface area contributed by atoms with Crippen molar-refractivity contribution in [2.75, 3.05) is 7.11 Å². The fourth-order valence-electron chi connectivity index (χ4n) is 5.02. The third-order valence-electron chi connectivity index (χ3n) is 6.58. The van der Waals surface area contributed by atoms with E-state index in [9.17, 15) is 14.4 Å². The Hall–Kier alpha value is -3.17. The monoisotopic (exact) mass is 502 g/mol. The zero-order valence-electron chi connectivity index (χ0n) is 21.7. The molecule has 3 rings (SSSR count).